The van der Waals surface area contributed by atoms with E-state index in [1.807, 2.05) is 7.05 Å². The Labute approximate surface area is 255 Å². The summed E-state index contributed by atoms with van der Waals surface area (Å²) >= 11 is 1.26. The monoisotopic (exact) mass is 627 g/mol. The maximum atomic E-state index is 13.7. The zero-order chi connectivity index (χ0) is 30.6. The molecule has 1 atom stereocenters. The number of carboxylic acid groups (broad SMARTS) is 1. The number of benzene rings is 2. The molecule has 5 rings (SSSR count). The van der Waals surface area contributed by atoms with Gasteiger partial charge in [0.1, 0.15) is 0 Å². The molecule has 2 amide bonds. The van der Waals surface area contributed by atoms with Crippen LogP contribution in [0.2, 0.25) is 0 Å². The summed E-state index contributed by atoms with van der Waals surface area (Å²) in [5, 5.41) is 14.8. The number of anilines is 1. The zero-order valence-electron chi connectivity index (χ0n) is 24.1. The maximum absolute atomic E-state index is 13.7. The van der Waals surface area contributed by atoms with Crippen molar-refractivity contribution >= 4 is 54.5 Å². The molecule has 2 heterocycles. The van der Waals surface area contributed by atoms with Crippen LogP contribution in [0.4, 0.5) is 5.13 Å². The van der Waals surface area contributed by atoms with E-state index in [1.165, 1.54) is 15.6 Å². The van der Waals surface area contributed by atoms with Gasteiger partial charge in [-0.25, -0.2) is 13.4 Å². The average molecular weight is 628 g/mol. The van der Waals surface area contributed by atoms with Crippen molar-refractivity contribution in [1.29, 1.82) is 0 Å². The van der Waals surface area contributed by atoms with Crippen LogP contribution in [0.3, 0.4) is 0 Å². The highest BCUT2D eigenvalue weighted by Crippen LogP contribution is 2.36. The lowest BCUT2D eigenvalue weighted by Gasteiger charge is -2.31. The summed E-state index contributed by atoms with van der Waals surface area (Å²) in [6.45, 7) is 2.31. The number of nitrogens with zero attached hydrogens (tertiary/aromatic N) is 3. The molecule has 0 spiro atoms. The molecule has 3 aromatic rings. The minimum atomic E-state index is -3.61. The van der Waals surface area contributed by atoms with Crippen LogP contribution in [0.25, 0.3) is 10.2 Å². The number of hydrogen-bond acceptors (Lipinski definition) is 8. The van der Waals surface area contributed by atoms with E-state index < -0.39 is 21.9 Å². The first-order chi connectivity index (χ1) is 20.6. The topological polar surface area (TPSA) is 149 Å². The lowest BCUT2D eigenvalue weighted by molar-refractivity contribution is -0.136. The SMILES string of the molecule is CN1CCN(S(=O)(=O)c2ccc([C@H](CC3CCCC3)C(=O)Nc3nc4ccc(C(=O)NCCC(=O)O)cc4s3)cc2)CC1. The lowest BCUT2D eigenvalue weighted by atomic mass is 9.87. The predicted octanol–water partition coefficient (Wildman–Crippen LogP) is 3.74. The Kier molecular flexibility index (Phi) is 9.75. The van der Waals surface area contributed by atoms with E-state index in [9.17, 15) is 22.8 Å². The van der Waals surface area contributed by atoms with Crippen molar-refractivity contribution in [3.05, 3.63) is 53.6 Å². The number of sulfonamides is 1. The maximum Gasteiger partial charge on any atom is 0.305 e. The third-order valence-electron chi connectivity index (χ3n) is 8.25. The zero-order valence-corrected chi connectivity index (χ0v) is 25.8. The molecule has 2 aliphatic rings. The fraction of sp³-hybridized carbons (Fsp3) is 0.467. The normalized spacial score (nSPS) is 17.6. The highest BCUT2D eigenvalue weighted by Gasteiger charge is 2.30. The molecule has 230 valence electrons. The number of aromatic nitrogens is 1. The molecule has 11 nitrogen and oxygen atoms in total. The van der Waals surface area contributed by atoms with Gasteiger partial charge in [0.15, 0.2) is 5.13 Å². The Morgan fingerprint density at radius 1 is 1.05 bits per heavy atom. The van der Waals surface area contributed by atoms with Gasteiger partial charge in [0.25, 0.3) is 5.91 Å². The molecule has 1 aliphatic carbocycles. The second-order valence-corrected chi connectivity index (χ2v) is 14.3. The highest BCUT2D eigenvalue weighted by molar-refractivity contribution is 7.89. The molecule has 0 unspecified atom stereocenters. The summed E-state index contributed by atoms with van der Waals surface area (Å²) in [6, 6.07) is 11.7. The second kappa shape index (κ2) is 13.5. The fourth-order valence-corrected chi connectivity index (χ4v) is 8.05. The average Bonchev–Trinajstić information content (AvgIpc) is 3.65. The smallest absolute Gasteiger partial charge is 0.305 e. The van der Waals surface area contributed by atoms with Crippen molar-refractivity contribution in [3.8, 4) is 0 Å². The van der Waals surface area contributed by atoms with Gasteiger partial charge in [-0.3, -0.25) is 14.4 Å². The fourth-order valence-electron chi connectivity index (χ4n) is 5.72. The third-order valence-corrected chi connectivity index (χ3v) is 11.1. The number of hydrogen-bond donors (Lipinski definition) is 3. The molecule has 0 radical (unpaired) electrons. The molecule has 43 heavy (non-hydrogen) atoms. The van der Waals surface area contributed by atoms with E-state index in [0.29, 0.717) is 59.4 Å². The standard InChI is InChI=1S/C30H37N5O6S2/c1-34-14-16-35(17-15-34)43(40,41)23-9-6-21(7-10-23)24(18-20-4-2-3-5-20)29(39)33-30-32-25-11-8-22(19-26(25)42-30)28(38)31-13-12-27(36)37/h6-11,19-20,24H,2-5,12-18H2,1H3,(H,31,38)(H,36,37)(H,32,33,39)/t24-/m0/s1. The number of piperazine rings is 1. The number of thiazole rings is 1. The number of aliphatic carboxylic acids is 1. The van der Waals surface area contributed by atoms with Crippen LogP contribution in [-0.4, -0.2) is 85.3 Å². The molecule has 0 bridgehead atoms. The predicted molar refractivity (Wildman–Crippen MR) is 165 cm³/mol. The van der Waals surface area contributed by atoms with Crippen LogP contribution in [0.1, 0.15) is 60.4 Å². The van der Waals surface area contributed by atoms with Gasteiger partial charge in [0, 0.05) is 38.3 Å². The lowest BCUT2D eigenvalue weighted by Crippen LogP contribution is -2.47. The van der Waals surface area contributed by atoms with Gasteiger partial charge in [-0.15, -0.1) is 0 Å². The number of carbonyl (C=O) groups is 3. The van der Waals surface area contributed by atoms with E-state index in [0.717, 1.165) is 31.2 Å². The molecular weight excluding hydrogens is 590 g/mol. The summed E-state index contributed by atoms with van der Waals surface area (Å²) in [5.74, 6) is -1.62. The molecule has 2 aromatic carbocycles. The van der Waals surface area contributed by atoms with Crippen molar-refractivity contribution in [2.45, 2.75) is 49.3 Å². The molecule has 1 saturated carbocycles. The first-order valence-electron chi connectivity index (χ1n) is 14.6. The summed E-state index contributed by atoms with van der Waals surface area (Å²) < 4.78 is 28.7. The number of rotatable bonds is 11. The van der Waals surface area contributed by atoms with Crippen molar-refractivity contribution in [2.75, 3.05) is 45.1 Å². The van der Waals surface area contributed by atoms with E-state index >= 15 is 0 Å². The van der Waals surface area contributed by atoms with Crippen LogP contribution < -0.4 is 10.6 Å². The van der Waals surface area contributed by atoms with Crippen LogP contribution in [0.5, 0.6) is 0 Å². The number of fused-ring (bicyclic) bond motifs is 1. The summed E-state index contributed by atoms with van der Waals surface area (Å²) in [6.07, 6.45) is 4.93. The number of likely N-dealkylation sites (N-methyl/N-ethyl adjacent to an activating group) is 1. The van der Waals surface area contributed by atoms with Gasteiger partial charge in [-0.2, -0.15) is 4.31 Å². The van der Waals surface area contributed by atoms with Crippen molar-refractivity contribution < 1.29 is 27.9 Å². The molecular formula is C30H37N5O6S2. The summed E-state index contributed by atoms with van der Waals surface area (Å²) in [4.78, 5) is 43.7. The Hall–Kier alpha value is -3.39. The van der Waals surface area contributed by atoms with Crippen LogP contribution in [0.15, 0.2) is 47.4 Å². The van der Waals surface area contributed by atoms with E-state index in [-0.39, 0.29) is 29.7 Å². The summed E-state index contributed by atoms with van der Waals surface area (Å²) in [7, 11) is -1.63. The van der Waals surface area contributed by atoms with Gasteiger partial charge in [0.05, 0.1) is 27.5 Å². The van der Waals surface area contributed by atoms with Crippen molar-refractivity contribution in [3.63, 3.8) is 0 Å². The Bertz CT molecular complexity index is 1580. The van der Waals surface area contributed by atoms with Gasteiger partial charge >= 0.3 is 5.97 Å². The van der Waals surface area contributed by atoms with Gasteiger partial charge in [0.2, 0.25) is 15.9 Å². The Morgan fingerprint density at radius 2 is 1.74 bits per heavy atom. The number of carbonyl (C=O) groups excluding carboxylic acids is 2. The molecule has 2 fully saturated rings. The van der Waals surface area contributed by atoms with Crippen LogP contribution in [-0.2, 0) is 19.6 Å². The van der Waals surface area contributed by atoms with Crippen molar-refractivity contribution in [2.24, 2.45) is 5.92 Å². The number of carboxylic acids is 1. The van der Waals surface area contributed by atoms with E-state index in [1.54, 1.807) is 42.5 Å². The number of nitrogens with one attached hydrogen (secondary N) is 2. The highest BCUT2D eigenvalue weighted by atomic mass is 32.2. The summed E-state index contributed by atoms with van der Waals surface area (Å²) in [5.41, 5.74) is 1.78. The van der Waals surface area contributed by atoms with Gasteiger partial charge < -0.3 is 20.6 Å². The van der Waals surface area contributed by atoms with Gasteiger partial charge in [-0.1, -0.05) is 49.2 Å². The minimum absolute atomic E-state index is 0.0291. The third kappa shape index (κ3) is 7.58. The number of amides is 2. The van der Waals surface area contributed by atoms with Crippen LogP contribution >= 0.6 is 11.3 Å². The minimum Gasteiger partial charge on any atom is -0.481 e. The quantitative estimate of drug-likeness (QED) is 0.291. The first-order valence-corrected chi connectivity index (χ1v) is 16.9. The molecule has 1 saturated heterocycles. The second-order valence-electron chi connectivity index (χ2n) is 11.3. The molecule has 13 heteroatoms. The van der Waals surface area contributed by atoms with E-state index in [2.05, 4.69) is 20.5 Å². The van der Waals surface area contributed by atoms with Gasteiger partial charge in [-0.05, 0) is 55.3 Å². The molecule has 1 aromatic heterocycles. The largest absolute Gasteiger partial charge is 0.481 e. The Balaban J connectivity index is 1.31. The van der Waals surface area contributed by atoms with E-state index in [4.69, 9.17) is 5.11 Å². The first kappa shape index (κ1) is 31.0. The van der Waals surface area contributed by atoms with Crippen molar-refractivity contribution in [1.82, 2.24) is 19.5 Å². The molecule has 3 N–H and O–H groups in total. The molecule has 1 aliphatic heterocycles. The Morgan fingerprint density at radius 3 is 2.42 bits per heavy atom. The van der Waals surface area contributed by atoms with Crippen LogP contribution in [0, 0.1) is 5.92 Å².